The Kier molecular flexibility index (Phi) is 6.32. The van der Waals surface area contributed by atoms with E-state index < -0.39 is 0 Å². The smallest absolute Gasteiger partial charge is 0.233 e. The van der Waals surface area contributed by atoms with Crippen LogP contribution in [0.3, 0.4) is 0 Å². The minimum atomic E-state index is -0.280. The number of methoxy groups -OCH3 is 1. The number of pyridine rings is 1. The van der Waals surface area contributed by atoms with E-state index in [0.29, 0.717) is 17.0 Å². The van der Waals surface area contributed by atoms with Crippen molar-refractivity contribution in [3.8, 4) is 22.8 Å². The maximum atomic E-state index is 12.7. The molecule has 0 radical (unpaired) electrons. The molecule has 1 atom stereocenters. The molecule has 4 rings (SSSR count). The molecule has 2 heterocycles. The summed E-state index contributed by atoms with van der Waals surface area (Å²) in [7, 11) is 1.64. The molecule has 8 heteroatoms. The lowest BCUT2D eigenvalue weighted by Gasteiger charge is -2.17. The normalized spacial score (nSPS) is 15.1. The maximum absolute atomic E-state index is 12.7. The van der Waals surface area contributed by atoms with Gasteiger partial charge in [-0.25, -0.2) is 0 Å². The highest BCUT2D eigenvalue weighted by Gasteiger charge is 2.24. The summed E-state index contributed by atoms with van der Waals surface area (Å²) in [6, 6.07) is 11.8. The lowest BCUT2D eigenvalue weighted by atomic mass is 10.2. The Morgan fingerprint density at radius 2 is 1.83 bits per heavy atom. The Balaban J connectivity index is 1.63. The number of nitrogens with one attached hydrogen (secondary N) is 1. The van der Waals surface area contributed by atoms with Crippen LogP contribution in [-0.4, -0.2) is 44.1 Å². The summed E-state index contributed by atoms with van der Waals surface area (Å²) < 4.78 is 7.26. The summed E-state index contributed by atoms with van der Waals surface area (Å²) in [5.41, 5.74) is 1.81. The average molecular weight is 424 g/mol. The summed E-state index contributed by atoms with van der Waals surface area (Å²) in [6.07, 6.45) is 7.97. The van der Waals surface area contributed by atoms with Crippen molar-refractivity contribution < 1.29 is 9.53 Å². The van der Waals surface area contributed by atoms with E-state index in [1.54, 1.807) is 19.5 Å². The van der Waals surface area contributed by atoms with Gasteiger partial charge in [-0.15, -0.1) is 10.2 Å². The van der Waals surface area contributed by atoms with Gasteiger partial charge in [0.2, 0.25) is 5.91 Å². The van der Waals surface area contributed by atoms with Crippen molar-refractivity contribution in [2.45, 2.75) is 49.1 Å². The number of carbonyl (C=O) groups is 1. The van der Waals surface area contributed by atoms with E-state index in [1.165, 1.54) is 24.6 Å². The average Bonchev–Trinajstić information content (AvgIpc) is 3.44. The first-order valence-electron chi connectivity index (χ1n) is 10.1. The highest BCUT2D eigenvalue weighted by Crippen LogP contribution is 2.31. The highest BCUT2D eigenvalue weighted by atomic mass is 32.2. The van der Waals surface area contributed by atoms with Gasteiger partial charge in [0.25, 0.3) is 0 Å². The summed E-state index contributed by atoms with van der Waals surface area (Å²) in [4.78, 5) is 16.8. The number of hydrogen-bond acceptors (Lipinski definition) is 6. The SMILES string of the molecule is COc1ccc(-n2c(S[C@H](C)C(=O)NC3CCCC3)nnc2-c2ccncc2)cc1. The van der Waals surface area contributed by atoms with Gasteiger partial charge in [0, 0.05) is 29.7 Å². The van der Waals surface area contributed by atoms with Crippen molar-refractivity contribution in [1.29, 1.82) is 0 Å². The standard InChI is InChI=1S/C22H25N5O2S/c1-15(21(28)24-17-5-3-4-6-17)30-22-26-25-20(16-11-13-23-14-12-16)27(22)18-7-9-19(29-2)10-8-18/h7-15,17H,3-6H2,1-2H3,(H,24,28)/t15-/m1/s1. The van der Waals surface area contributed by atoms with E-state index in [9.17, 15) is 4.79 Å². The Hall–Kier alpha value is -2.87. The van der Waals surface area contributed by atoms with Crippen LogP contribution in [0.4, 0.5) is 0 Å². The second-order valence-corrected chi connectivity index (χ2v) is 8.63. The van der Waals surface area contributed by atoms with E-state index in [-0.39, 0.29) is 11.2 Å². The molecule has 1 fully saturated rings. The van der Waals surface area contributed by atoms with Crippen LogP contribution in [0.5, 0.6) is 5.75 Å². The molecular weight excluding hydrogens is 398 g/mol. The minimum absolute atomic E-state index is 0.0432. The van der Waals surface area contributed by atoms with Crippen molar-refractivity contribution in [2.75, 3.05) is 7.11 Å². The Labute approximate surface area is 180 Å². The molecule has 1 aliphatic rings. The predicted octanol–water partition coefficient (Wildman–Crippen LogP) is 3.88. The molecule has 1 aliphatic carbocycles. The third kappa shape index (κ3) is 4.48. The summed E-state index contributed by atoms with van der Waals surface area (Å²) in [6.45, 7) is 1.91. The second kappa shape index (κ2) is 9.30. The van der Waals surface area contributed by atoms with E-state index >= 15 is 0 Å². The van der Waals surface area contributed by atoms with E-state index in [0.717, 1.165) is 29.8 Å². The third-order valence-corrected chi connectivity index (χ3v) is 6.30. The van der Waals surface area contributed by atoms with Crippen LogP contribution >= 0.6 is 11.8 Å². The number of hydrogen-bond donors (Lipinski definition) is 1. The molecular formula is C22H25N5O2S. The zero-order valence-corrected chi connectivity index (χ0v) is 17.9. The molecule has 0 bridgehead atoms. The van der Waals surface area contributed by atoms with Gasteiger partial charge in [-0.3, -0.25) is 14.3 Å². The third-order valence-electron chi connectivity index (χ3n) is 5.26. The fourth-order valence-electron chi connectivity index (χ4n) is 3.60. The van der Waals surface area contributed by atoms with Gasteiger partial charge < -0.3 is 10.1 Å². The second-order valence-electron chi connectivity index (χ2n) is 7.33. The quantitative estimate of drug-likeness (QED) is 0.581. The predicted molar refractivity (Wildman–Crippen MR) is 117 cm³/mol. The number of nitrogens with zero attached hydrogens (tertiary/aromatic N) is 4. The minimum Gasteiger partial charge on any atom is -0.497 e. The van der Waals surface area contributed by atoms with E-state index in [1.807, 2.05) is 47.9 Å². The molecule has 1 amide bonds. The van der Waals surface area contributed by atoms with Crippen LogP contribution in [0.15, 0.2) is 53.9 Å². The summed E-state index contributed by atoms with van der Waals surface area (Å²) >= 11 is 1.41. The fourth-order valence-corrected chi connectivity index (χ4v) is 4.48. The molecule has 7 nitrogen and oxygen atoms in total. The number of thioether (sulfide) groups is 1. The first kappa shape index (κ1) is 20.4. The zero-order chi connectivity index (χ0) is 20.9. The van der Waals surface area contributed by atoms with Crippen molar-refractivity contribution in [2.24, 2.45) is 0 Å². The van der Waals surface area contributed by atoms with Crippen molar-refractivity contribution in [3.05, 3.63) is 48.8 Å². The van der Waals surface area contributed by atoms with Crippen LogP contribution in [0.1, 0.15) is 32.6 Å². The molecule has 3 aromatic rings. The lowest BCUT2D eigenvalue weighted by molar-refractivity contribution is -0.120. The van der Waals surface area contributed by atoms with Crippen molar-refractivity contribution >= 4 is 17.7 Å². The number of ether oxygens (including phenoxy) is 1. The van der Waals surface area contributed by atoms with Gasteiger partial charge in [0.05, 0.1) is 12.4 Å². The van der Waals surface area contributed by atoms with Gasteiger partial charge >= 0.3 is 0 Å². The number of aromatic nitrogens is 4. The van der Waals surface area contributed by atoms with Crippen molar-refractivity contribution in [1.82, 2.24) is 25.1 Å². The van der Waals surface area contributed by atoms with Gasteiger partial charge in [0.15, 0.2) is 11.0 Å². The largest absolute Gasteiger partial charge is 0.497 e. The highest BCUT2D eigenvalue weighted by molar-refractivity contribution is 8.00. The van der Waals surface area contributed by atoms with Crippen LogP contribution < -0.4 is 10.1 Å². The first-order chi connectivity index (χ1) is 14.7. The Morgan fingerprint density at radius 1 is 1.13 bits per heavy atom. The number of rotatable bonds is 7. The first-order valence-corrected chi connectivity index (χ1v) is 11.0. The van der Waals surface area contributed by atoms with Crippen LogP contribution in [0.25, 0.3) is 17.1 Å². The van der Waals surface area contributed by atoms with Crippen LogP contribution in [0, 0.1) is 0 Å². The maximum Gasteiger partial charge on any atom is 0.233 e. The van der Waals surface area contributed by atoms with Gasteiger partial charge in [0.1, 0.15) is 5.75 Å². The molecule has 1 saturated carbocycles. The fraction of sp³-hybridized carbons (Fsp3) is 0.364. The number of amides is 1. The van der Waals surface area contributed by atoms with Gasteiger partial charge in [-0.2, -0.15) is 0 Å². The van der Waals surface area contributed by atoms with Gasteiger partial charge in [-0.05, 0) is 56.2 Å². The molecule has 2 aromatic heterocycles. The van der Waals surface area contributed by atoms with Crippen molar-refractivity contribution in [3.63, 3.8) is 0 Å². The molecule has 0 unspecified atom stereocenters. The lowest BCUT2D eigenvalue weighted by Crippen LogP contribution is -2.37. The van der Waals surface area contributed by atoms with Crippen LogP contribution in [0.2, 0.25) is 0 Å². The Bertz CT molecular complexity index is 985. The summed E-state index contributed by atoms with van der Waals surface area (Å²) in [5, 5.41) is 12.4. The monoisotopic (exact) mass is 423 g/mol. The van der Waals surface area contributed by atoms with E-state index in [4.69, 9.17) is 4.74 Å². The number of carbonyl (C=O) groups excluding carboxylic acids is 1. The Morgan fingerprint density at radius 3 is 2.50 bits per heavy atom. The number of benzene rings is 1. The molecule has 0 aliphatic heterocycles. The van der Waals surface area contributed by atoms with Crippen LogP contribution in [-0.2, 0) is 4.79 Å². The summed E-state index contributed by atoms with van der Waals surface area (Å²) in [5.74, 6) is 1.52. The molecule has 156 valence electrons. The molecule has 0 saturated heterocycles. The van der Waals surface area contributed by atoms with Gasteiger partial charge in [-0.1, -0.05) is 24.6 Å². The topological polar surface area (TPSA) is 81.9 Å². The van der Waals surface area contributed by atoms with E-state index in [2.05, 4.69) is 20.5 Å². The molecule has 30 heavy (non-hydrogen) atoms. The molecule has 0 spiro atoms. The zero-order valence-electron chi connectivity index (χ0n) is 17.1. The molecule has 1 N–H and O–H groups in total. The molecule has 1 aromatic carbocycles.